The van der Waals surface area contributed by atoms with Crippen LogP contribution in [-0.2, 0) is 14.3 Å². The van der Waals surface area contributed by atoms with Crippen molar-refractivity contribution in [3.63, 3.8) is 0 Å². The Hall–Kier alpha value is -3.61. The third kappa shape index (κ3) is 5.71. The van der Waals surface area contributed by atoms with Crippen molar-refractivity contribution in [2.75, 3.05) is 24.9 Å². The van der Waals surface area contributed by atoms with Crippen LogP contribution in [0.3, 0.4) is 0 Å². The van der Waals surface area contributed by atoms with Crippen molar-refractivity contribution in [1.82, 2.24) is 0 Å². The topological polar surface area (TPSA) is 93.7 Å². The van der Waals surface area contributed by atoms with Gasteiger partial charge >= 0.3 is 5.97 Å². The summed E-state index contributed by atoms with van der Waals surface area (Å²) in [7, 11) is 2.85. The van der Waals surface area contributed by atoms with Gasteiger partial charge in [-0.3, -0.25) is 9.59 Å². The molecule has 0 aliphatic heterocycles. The Labute approximate surface area is 157 Å². The SMILES string of the molecule is COC(=O)c1ccc(NC(=O)/C(C)=C/C(=O)Nc2ccc(OC)cc2)cc1. The number of hydrogen-bond acceptors (Lipinski definition) is 5. The molecule has 2 rings (SSSR count). The molecule has 7 heteroatoms. The molecular weight excluding hydrogens is 348 g/mol. The van der Waals surface area contributed by atoms with E-state index in [0.717, 1.165) is 0 Å². The maximum atomic E-state index is 12.2. The summed E-state index contributed by atoms with van der Waals surface area (Å²) in [4.78, 5) is 35.6. The van der Waals surface area contributed by atoms with E-state index in [1.165, 1.54) is 32.2 Å². The molecule has 0 unspecified atom stereocenters. The van der Waals surface area contributed by atoms with Gasteiger partial charge in [-0.15, -0.1) is 0 Å². The molecule has 2 aromatic carbocycles. The molecule has 0 heterocycles. The Bertz CT molecular complexity index is 855. The van der Waals surface area contributed by atoms with Crippen LogP contribution in [0.1, 0.15) is 17.3 Å². The van der Waals surface area contributed by atoms with Crippen molar-refractivity contribution in [2.45, 2.75) is 6.92 Å². The molecule has 0 aliphatic rings. The highest BCUT2D eigenvalue weighted by Crippen LogP contribution is 2.15. The number of methoxy groups -OCH3 is 2. The van der Waals surface area contributed by atoms with Crippen LogP contribution in [0.4, 0.5) is 11.4 Å². The van der Waals surface area contributed by atoms with Crippen LogP contribution >= 0.6 is 0 Å². The van der Waals surface area contributed by atoms with E-state index in [1.54, 1.807) is 43.5 Å². The second kappa shape index (κ2) is 9.19. The standard InChI is InChI=1S/C20H20N2O5/c1-13(12-18(23)21-15-8-10-17(26-2)11-9-15)19(24)22-16-6-4-14(5-7-16)20(25)27-3/h4-12H,1-3H3,(H,21,23)(H,22,24)/b13-12+. The summed E-state index contributed by atoms with van der Waals surface area (Å²) >= 11 is 0. The van der Waals surface area contributed by atoms with Gasteiger partial charge in [0, 0.05) is 23.0 Å². The summed E-state index contributed by atoms with van der Waals surface area (Å²) in [5, 5.41) is 5.32. The smallest absolute Gasteiger partial charge is 0.337 e. The minimum absolute atomic E-state index is 0.234. The Kier molecular flexibility index (Phi) is 6.71. The van der Waals surface area contributed by atoms with Crippen LogP contribution in [0, 0.1) is 0 Å². The highest BCUT2D eigenvalue weighted by atomic mass is 16.5. The normalized spacial score (nSPS) is 10.7. The van der Waals surface area contributed by atoms with E-state index in [9.17, 15) is 14.4 Å². The molecule has 0 spiro atoms. The molecule has 140 valence electrons. The summed E-state index contributed by atoms with van der Waals surface area (Å²) < 4.78 is 9.66. The van der Waals surface area contributed by atoms with E-state index in [-0.39, 0.29) is 5.57 Å². The maximum Gasteiger partial charge on any atom is 0.337 e. The lowest BCUT2D eigenvalue weighted by atomic mass is 10.2. The van der Waals surface area contributed by atoms with E-state index in [1.807, 2.05) is 0 Å². The van der Waals surface area contributed by atoms with Crippen molar-refractivity contribution in [3.8, 4) is 5.75 Å². The number of esters is 1. The van der Waals surface area contributed by atoms with Gasteiger partial charge in [0.1, 0.15) is 5.75 Å². The number of nitrogens with one attached hydrogen (secondary N) is 2. The fourth-order valence-corrected chi connectivity index (χ4v) is 2.15. The van der Waals surface area contributed by atoms with Gasteiger partial charge in [-0.1, -0.05) is 0 Å². The third-order valence-electron chi connectivity index (χ3n) is 3.63. The van der Waals surface area contributed by atoms with Gasteiger partial charge in [-0.05, 0) is 55.5 Å². The van der Waals surface area contributed by atoms with Gasteiger partial charge in [0.15, 0.2) is 0 Å². The van der Waals surface area contributed by atoms with Gasteiger partial charge < -0.3 is 20.1 Å². The molecular formula is C20H20N2O5. The first-order valence-electron chi connectivity index (χ1n) is 8.06. The van der Waals surface area contributed by atoms with Gasteiger partial charge in [-0.25, -0.2) is 4.79 Å². The largest absolute Gasteiger partial charge is 0.497 e. The zero-order valence-electron chi connectivity index (χ0n) is 15.2. The zero-order chi connectivity index (χ0) is 19.8. The molecule has 2 N–H and O–H groups in total. The molecule has 0 atom stereocenters. The first-order chi connectivity index (χ1) is 12.9. The number of benzene rings is 2. The number of amides is 2. The Morgan fingerprint density at radius 1 is 0.852 bits per heavy atom. The second-order valence-electron chi connectivity index (χ2n) is 5.57. The molecule has 0 fully saturated rings. The van der Waals surface area contributed by atoms with Gasteiger partial charge in [0.25, 0.3) is 5.91 Å². The lowest BCUT2D eigenvalue weighted by Gasteiger charge is -2.07. The van der Waals surface area contributed by atoms with Crippen molar-refractivity contribution < 1.29 is 23.9 Å². The molecule has 2 aromatic rings. The summed E-state index contributed by atoms with van der Waals surface area (Å²) in [5.74, 6) is -0.629. The maximum absolute atomic E-state index is 12.2. The summed E-state index contributed by atoms with van der Waals surface area (Å²) in [6, 6.07) is 13.1. The highest BCUT2D eigenvalue weighted by molar-refractivity contribution is 6.10. The fourth-order valence-electron chi connectivity index (χ4n) is 2.15. The van der Waals surface area contributed by atoms with Gasteiger partial charge in [0.2, 0.25) is 5.91 Å². The van der Waals surface area contributed by atoms with Crippen molar-refractivity contribution in [2.24, 2.45) is 0 Å². The van der Waals surface area contributed by atoms with Gasteiger partial charge in [-0.2, -0.15) is 0 Å². The van der Waals surface area contributed by atoms with Gasteiger partial charge in [0.05, 0.1) is 19.8 Å². The Morgan fingerprint density at radius 3 is 1.96 bits per heavy atom. The van der Waals surface area contributed by atoms with E-state index in [2.05, 4.69) is 15.4 Å². The average molecular weight is 368 g/mol. The molecule has 0 bridgehead atoms. The molecule has 27 heavy (non-hydrogen) atoms. The van der Waals surface area contributed by atoms with Crippen LogP contribution in [0.25, 0.3) is 0 Å². The first-order valence-corrected chi connectivity index (χ1v) is 8.06. The number of carbonyl (C=O) groups excluding carboxylic acids is 3. The van der Waals surface area contributed by atoms with Crippen molar-refractivity contribution >= 4 is 29.2 Å². The van der Waals surface area contributed by atoms with E-state index >= 15 is 0 Å². The highest BCUT2D eigenvalue weighted by Gasteiger charge is 2.09. The van der Waals surface area contributed by atoms with Crippen molar-refractivity contribution in [3.05, 3.63) is 65.7 Å². The number of rotatable bonds is 6. The molecule has 7 nitrogen and oxygen atoms in total. The molecule has 0 aliphatic carbocycles. The van der Waals surface area contributed by atoms with Crippen LogP contribution in [0.5, 0.6) is 5.75 Å². The monoisotopic (exact) mass is 368 g/mol. The minimum Gasteiger partial charge on any atom is -0.497 e. The number of hydrogen-bond donors (Lipinski definition) is 2. The second-order valence-corrected chi connectivity index (χ2v) is 5.57. The van der Waals surface area contributed by atoms with Crippen LogP contribution in [0.2, 0.25) is 0 Å². The van der Waals surface area contributed by atoms with Crippen LogP contribution in [-0.4, -0.2) is 32.0 Å². The Balaban J connectivity index is 1.96. The van der Waals surface area contributed by atoms with E-state index in [0.29, 0.717) is 22.7 Å². The van der Waals surface area contributed by atoms with Crippen LogP contribution in [0.15, 0.2) is 60.2 Å². The molecule has 0 saturated heterocycles. The fraction of sp³-hybridized carbons (Fsp3) is 0.150. The number of carbonyl (C=O) groups is 3. The summed E-state index contributed by atoms with van der Waals surface area (Å²) in [6.07, 6.45) is 1.21. The zero-order valence-corrected chi connectivity index (χ0v) is 15.2. The predicted molar refractivity (Wildman–Crippen MR) is 102 cm³/mol. The first kappa shape index (κ1) is 19.7. The van der Waals surface area contributed by atoms with E-state index < -0.39 is 17.8 Å². The molecule has 2 amide bonds. The lowest BCUT2D eigenvalue weighted by molar-refractivity contribution is -0.114. The average Bonchev–Trinajstić information content (AvgIpc) is 2.68. The predicted octanol–water partition coefficient (Wildman–Crippen LogP) is 3.01. The quantitative estimate of drug-likeness (QED) is 0.604. The minimum atomic E-state index is -0.459. The third-order valence-corrected chi connectivity index (χ3v) is 3.63. The lowest BCUT2D eigenvalue weighted by Crippen LogP contribution is -2.16. The molecule has 0 radical (unpaired) electrons. The summed E-state index contributed by atoms with van der Waals surface area (Å²) in [6.45, 7) is 1.53. The van der Waals surface area contributed by atoms with Crippen LogP contribution < -0.4 is 15.4 Å². The summed E-state index contributed by atoms with van der Waals surface area (Å²) in [5.41, 5.74) is 1.69. The number of anilines is 2. The Morgan fingerprint density at radius 2 is 1.41 bits per heavy atom. The number of ether oxygens (including phenoxy) is 2. The van der Waals surface area contributed by atoms with E-state index in [4.69, 9.17) is 4.74 Å². The van der Waals surface area contributed by atoms with Crippen molar-refractivity contribution in [1.29, 1.82) is 0 Å². The molecule has 0 aromatic heterocycles. The molecule has 0 saturated carbocycles.